The highest BCUT2D eigenvalue weighted by molar-refractivity contribution is 5.49. The van der Waals surface area contributed by atoms with Crippen LogP contribution in [0.4, 0.5) is 0 Å². The monoisotopic (exact) mass is 177 g/mol. The van der Waals surface area contributed by atoms with Gasteiger partial charge in [-0.05, 0) is 24.5 Å². The molecular formula is C11H15NO. The maximum Gasteiger partial charge on any atom is 0.127 e. The Kier molecular flexibility index (Phi) is 2.00. The topological polar surface area (TPSA) is 35.2 Å². The molecule has 1 heterocycles. The van der Waals surface area contributed by atoms with Gasteiger partial charge in [0.1, 0.15) is 12.4 Å². The van der Waals surface area contributed by atoms with Gasteiger partial charge < -0.3 is 10.5 Å². The largest absolute Gasteiger partial charge is 0.491 e. The molecule has 13 heavy (non-hydrogen) atoms. The molecule has 1 aliphatic heterocycles. The fourth-order valence-corrected chi connectivity index (χ4v) is 1.91. The molecule has 0 spiro atoms. The minimum atomic E-state index is 0.0703. The second-order valence-electron chi connectivity index (χ2n) is 3.55. The molecule has 1 aliphatic rings. The Hall–Kier alpha value is -1.02. The number of hydrogen-bond donors (Lipinski definition) is 1. The molecule has 0 bridgehead atoms. The number of fused-ring (bicyclic) bond motifs is 1. The van der Waals surface area contributed by atoms with Crippen molar-refractivity contribution in [2.45, 2.75) is 26.3 Å². The molecule has 0 aromatic heterocycles. The maximum absolute atomic E-state index is 5.90. The van der Waals surface area contributed by atoms with E-state index in [1.165, 1.54) is 16.7 Å². The van der Waals surface area contributed by atoms with Gasteiger partial charge in [0.2, 0.25) is 0 Å². The Labute approximate surface area is 78.7 Å². The highest BCUT2D eigenvalue weighted by Gasteiger charge is 2.23. The fourth-order valence-electron chi connectivity index (χ4n) is 1.91. The van der Waals surface area contributed by atoms with Crippen molar-refractivity contribution in [3.8, 4) is 5.75 Å². The van der Waals surface area contributed by atoms with Gasteiger partial charge in [0.25, 0.3) is 0 Å². The van der Waals surface area contributed by atoms with Crippen LogP contribution in [0.25, 0.3) is 0 Å². The molecule has 2 nitrogen and oxygen atoms in total. The van der Waals surface area contributed by atoms with Crippen molar-refractivity contribution < 1.29 is 4.74 Å². The highest BCUT2D eigenvalue weighted by atomic mass is 16.5. The van der Waals surface area contributed by atoms with Crippen LogP contribution in [0.1, 0.15) is 29.7 Å². The number of rotatable bonds is 1. The van der Waals surface area contributed by atoms with Gasteiger partial charge in [0.15, 0.2) is 0 Å². The van der Waals surface area contributed by atoms with Crippen LogP contribution in [0, 0.1) is 6.92 Å². The second kappa shape index (κ2) is 3.04. The van der Waals surface area contributed by atoms with E-state index in [-0.39, 0.29) is 6.04 Å². The van der Waals surface area contributed by atoms with Gasteiger partial charge in [-0.25, -0.2) is 0 Å². The maximum atomic E-state index is 5.90. The Morgan fingerprint density at radius 1 is 1.54 bits per heavy atom. The van der Waals surface area contributed by atoms with Crippen LogP contribution in [0.5, 0.6) is 5.75 Å². The van der Waals surface area contributed by atoms with E-state index >= 15 is 0 Å². The SMILES string of the molecule is CCc1c(C)ccc2c1OC[C@H]2N. The van der Waals surface area contributed by atoms with Crippen LogP contribution < -0.4 is 10.5 Å². The standard InChI is InChI=1S/C11H15NO/c1-3-8-7(2)4-5-9-10(12)6-13-11(8)9/h4-5,10H,3,6,12H2,1-2H3/t10-/m1/s1. The molecule has 0 radical (unpaired) electrons. The molecular weight excluding hydrogens is 162 g/mol. The summed E-state index contributed by atoms with van der Waals surface area (Å²) < 4.78 is 5.59. The molecule has 1 aromatic rings. The number of hydrogen-bond acceptors (Lipinski definition) is 2. The summed E-state index contributed by atoms with van der Waals surface area (Å²) in [5.74, 6) is 1.04. The van der Waals surface area contributed by atoms with Gasteiger partial charge in [-0.2, -0.15) is 0 Å². The van der Waals surface area contributed by atoms with E-state index in [1.807, 2.05) is 0 Å². The molecule has 2 N–H and O–H groups in total. The highest BCUT2D eigenvalue weighted by Crippen LogP contribution is 2.36. The quantitative estimate of drug-likeness (QED) is 0.711. The van der Waals surface area contributed by atoms with Gasteiger partial charge >= 0.3 is 0 Å². The first kappa shape index (κ1) is 8.57. The Morgan fingerprint density at radius 2 is 2.31 bits per heavy atom. The number of ether oxygens (including phenoxy) is 1. The van der Waals surface area contributed by atoms with Crippen LogP contribution in [-0.4, -0.2) is 6.61 Å². The van der Waals surface area contributed by atoms with Crippen LogP contribution in [-0.2, 0) is 6.42 Å². The Bertz CT molecular complexity index is 333. The predicted octanol–water partition coefficient (Wildman–Crippen LogP) is 1.95. The summed E-state index contributed by atoms with van der Waals surface area (Å²) in [7, 11) is 0. The molecule has 70 valence electrons. The van der Waals surface area contributed by atoms with Gasteiger partial charge in [-0.1, -0.05) is 19.1 Å². The molecule has 0 saturated heterocycles. The molecule has 0 saturated carbocycles. The van der Waals surface area contributed by atoms with Crippen LogP contribution >= 0.6 is 0 Å². The number of aryl methyl sites for hydroxylation is 1. The van der Waals surface area contributed by atoms with Crippen molar-refractivity contribution in [3.63, 3.8) is 0 Å². The molecule has 2 rings (SSSR count). The summed E-state index contributed by atoms with van der Waals surface area (Å²) in [5, 5.41) is 0. The second-order valence-corrected chi connectivity index (χ2v) is 3.55. The smallest absolute Gasteiger partial charge is 0.127 e. The minimum absolute atomic E-state index is 0.0703. The third-order valence-corrected chi connectivity index (χ3v) is 2.69. The first-order valence-electron chi connectivity index (χ1n) is 4.74. The summed E-state index contributed by atoms with van der Waals surface area (Å²) in [6.07, 6.45) is 1.02. The zero-order valence-corrected chi connectivity index (χ0v) is 8.13. The first-order valence-corrected chi connectivity index (χ1v) is 4.74. The average Bonchev–Trinajstić information content (AvgIpc) is 2.48. The van der Waals surface area contributed by atoms with Crippen LogP contribution in [0.15, 0.2) is 12.1 Å². The molecule has 0 fully saturated rings. The van der Waals surface area contributed by atoms with E-state index in [0.29, 0.717) is 6.61 Å². The van der Waals surface area contributed by atoms with E-state index in [9.17, 15) is 0 Å². The van der Waals surface area contributed by atoms with Crippen molar-refractivity contribution in [1.82, 2.24) is 0 Å². The zero-order chi connectivity index (χ0) is 9.42. The third kappa shape index (κ3) is 1.22. The predicted molar refractivity (Wildman–Crippen MR) is 53.0 cm³/mol. The van der Waals surface area contributed by atoms with E-state index in [0.717, 1.165) is 12.2 Å². The molecule has 2 heteroatoms. The lowest BCUT2D eigenvalue weighted by Gasteiger charge is -2.08. The molecule has 1 aromatic carbocycles. The average molecular weight is 177 g/mol. The number of benzene rings is 1. The molecule has 1 atom stereocenters. The van der Waals surface area contributed by atoms with Gasteiger partial charge in [0, 0.05) is 5.56 Å². The van der Waals surface area contributed by atoms with Gasteiger partial charge in [-0.15, -0.1) is 0 Å². The zero-order valence-electron chi connectivity index (χ0n) is 8.13. The van der Waals surface area contributed by atoms with E-state index in [4.69, 9.17) is 10.5 Å². The fraction of sp³-hybridized carbons (Fsp3) is 0.455. The number of nitrogens with two attached hydrogens (primary N) is 1. The lowest BCUT2D eigenvalue weighted by Crippen LogP contribution is -2.10. The summed E-state index contributed by atoms with van der Waals surface area (Å²) in [6.45, 7) is 4.90. The Balaban J connectivity index is 2.57. The summed E-state index contributed by atoms with van der Waals surface area (Å²) in [6, 6.07) is 4.29. The summed E-state index contributed by atoms with van der Waals surface area (Å²) >= 11 is 0. The van der Waals surface area contributed by atoms with Crippen molar-refractivity contribution >= 4 is 0 Å². The third-order valence-electron chi connectivity index (χ3n) is 2.69. The molecule has 0 amide bonds. The van der Waals surface area contributed by atoms with E-state index < -0.39 is 0 Å². The lowest BCUT2D eigenvalue weighted by atomic mass is 9.99. The van der Waals surface area contributed by atoms with Gasteiger partial charge in [-0.3, -0.25) is 0 Å². The summed E-state index contributed by atoms with van der Waals surface area (Å²) in [5.41, 5.74) is 9.68. The molecule has 0 unspecified atom stereocenters. The van der Waals surface area contributed by atoms with Crippen molar-refractivity contribution in [2.24, 2.45) is 5.73 Å². The van der Waals surface area contributed by atoms with Crippen LogP contribution in [0.2, 0.25) is 0 Å². The lowest BCUT2D eigenvalue weighted by molar-refractivity contribution is 0.330. The van der Waals surface area contributed by atoms with Crippen molar-refractivity contribution in [3.05, 3.63) is 28.8 Å². The van der Waals surface area contributed by atoms with E-state index in [2.05, 4.69) is 26.0 Å². The van der Waals surface area contributed by atoms with E-state index in [1.54, 1.807) is 0 Å². The van der Waals surface area contributed by atoms with Crippen molar-refractivity contribution in [1.29, 1.82) is 0 Å². The minimum Gasteiger partial charge on any atom is -0.491 e. The Morgan fingerprint density at radius 3 is 3.00 bits per heavy atom. The normalized spacial score (nSPS) is 19.8. The van der Waals surface area contributed by atoms with Crippen LogP contribution in [0.3, 0.4) is 0 Å². The van der Waals surface area contributed by atoms with Crippen molar-refractivity contribution in [2.75, 3.05) is 6.61 Å². The van der Waals surface area contributed by atoms with Gasteiger partial charge in [0.05, 0.1) is 6.04 Å². The molecule has 0 aliphatic carbocycles. The first-order chi connectivity index (χ1) is 6.24. The summed E-state index contributed by atoms with van der Waals surface area (Å²) in [4.78, 5) is 0.